The monoisotopic (exact) mass is 351 g/mol. The maximum atomic E-state index is 6.20. The molecule has 3 aromatic carbocycles. The Morgan fingerprint density at radius 2 is 1.46 bits per heavy atom. The Balaban J connectivity index is 1.90. The molecule has 118 valence electrons. The van der Waals surface area contributed by atoms with Crippen LogP contribution in [0.15, 0.2) is 78.9 Å². The highest BCUT2D eigenvalue weighted by Crippen LogP contribution is 2.30. The fourth-order valence-corrected chi connectivity index (χ4v) is 3.49. The van der Waals surface area contributed by atoms with E-state index in [1.807, 2.05) is 36.4 Å². The van der Waals surface area contributed by atoms with Crippen LogP contribution in [0.1, 0.15) is 5.56 Å². The van der Waals surface area contributed by atoms with Crippen molar-refractivity contribution >= 4 is 34.1 Å². The fraction of sp³-hybridized carbons (Fsp3) is 0.0476. The average molecular weight is 352 g/mol. The summed E-state index contributed by atoms with van der Waals surface area (Å²) in [6.07, 6.45) is 0. The minimum atomic E-state index is 0.743. The molecule has 0 radical (unpaired) electrons. The molecular weight excluding hydrogens is 337 g/mol. The van der Waals surface area contributed by atoms with Crippen LogP contribution in [-0.2, 0) is 6.54 Å². The Hall–Kier alpha value is -2.22. The van der Waals surface area contributed by atoms with Gasteiger partial charge in [0.15, 0.2) is 0 Å². The predicted molar refractivity (Wildman–Crippen MR) is 103 cm³/mol. The van der Waals surface area contributed by atoms with Crippen LogP contribution in [-0.4, -0.2) is 4.57 Å². The SMILES string of the molecule is Clc1cccc(Cn2c(-c3cccc(Cl)c3)cc3ccccc32)c1. The van der Waals surface area contributed by atoms with Crippen molar-refractivity contribution in [3.05, 3.63) is 94.5 Å². The number of aromatic nitrogens is 1. The number of para-hydroxylation sites is 1. The first kappa shape index (κ1) is 15.3. The number of fused-ring (bicyclic) bond motifs is 1. The quantitative estimate of drug-likeness (QED) is 0.388. The minimum absolute atomic E-state index is 0.743. The topological polar surface area (TPSA) is 4.93 Å². The summed E-state index contributed by atoms with van der Waals surface area (Å²) in [5, 5.41) is 2.72. The Bertz CT molecular complexity index is 1020. The second-order valence-corrected chi connectivity index (χ2v) is 6.69. The molecule has 0 aliphatic carbocycles. The maximum absolute atomic E-state index is 6.20. The second kappa shape index (κ2) is 6.35. The highest BCUT2D eigenvalue weighted by molar-refractivity contribution is 6.31. The lowest BCUT2D eigenvalue weighted by Gasteiger charge is -2.12. The van der Waals surface area contributed by atoms with Gasteiger partial charge in [-0.2, -0.15) is 0 Å². The third kappa shape index (κ3) is 2.93. The average Bonchev–Trinajstić information content (AvgIpc) is 2.94. The Morgan fingerprint density at radius 1 is 0.708 bits per heavy atom. The van der Waals surface area contributed by atoms with Gasteiger partial charge in [0.05, 0.1) is 0 Å². The molecule has 4 rings (SSSR count). The van der Waals surface area contributed by atoms with Crippen molar-refractivity contribution in [2.24, 2.45) is 0 Å². The summed E-state index contributed by atoms with van der Waals surface area (Å²) in [5.74, 6) is 0. The molecule has 0 bridgehead atoms. The normalized spacial score (nSPS) is 11.1. The van der Waals surface area contributed by atoms with E-state index in [9.17, 15) is 0 Å². The van der Waals surface area contributed by atoms with Crippen LogP contribution in [0.3, 0.4) is 0 Å². The van der Waals surface area contributed by atoms with E-state index in [2.05, 4.69) is 47.0 Å². The van der Waals surface area contributed by atoms with Crippen LogP contribution in [0.4, 0.5) is 0 Å². The lowest BCUT2D eigenvalue weighted by atomic mass is 10.1. The predicted octanol–water partition coefficient (Wildman–Crippen LogP) is 6.66. The summed E-state index contributed by atoms with van der Waals surface area (Å²) in [6.45, 7) is 0.760. The van der Waals surface area contributed by atoms with Crippen molar-refractivity contribution in [2.45, 2.75) is 6.54 Å². The molecule has 1 nitrogen and oxygen atoms in total. The molecule has 0 atom stereocenters. The van der Waals surface area contributed by atoms with Crippen LogP contribution in [0.2, 0.25) is 10.0 Å². The van der Waals surface area contributed by atoms with E-state index in [0.717, 1.165) is 27.8 Å². The van der Waals surface area contributed by atoms with Crippen molar-refractivity contribution in [1.29, 1.82) is 0 Å². The minimum Gasteiger partial charge on any atom is -0.336 e. The van der Waals surface area contributed by atoms with Gasteiger partial charge in [-0.05, 0) is 47.5 Å². The van der Waals surface area contributed by atoms with Gasteiger partial charge in [0.2, 0.25) is 0 Å². The number of hydrogen-bond acceptors (Lipinski definition) is 0. The first-order valence-corrected chi connectivity index (χ1v) is 8.55. The van der Waals surface area contributed by atoms with Gasteiger partial charge in [-0.3, -0.25) is 0 Å². The molecule has 1 heterocycles. The van der Waals surface area contributed by atoms with E-state index >= 15 is 0 Å². The summed E-state index contributed by atoms with van der Waals surface area (Å²) in [6, 6.07) is 26.6. The second-order valence-electron chi connectivity index (χ2n) is 5.81. The summed E-state index contributed by atoms with van der Waals surface area (Å²) < 4.78 is 2.31. The van der Waals surface area contributed by atoms with Gasteiger partial charge >= 0.3 is 0 Å². The van der Waals surface area contributed by atoms with Crippen LogP contribution in [0, 0.1) is 0 Å². The molecule has 0 aliphatic rings. The molecule has 0 N–H and O–H groups in total. The van der Waals surface area contributed by atoms with E-state index < -0.39 is 0 Å². The standard InChI is InChI=1S/C21H15Cl2N/c22-18-8-3-5-15(11-18)14-24-20-10-2-1-6-17(20)13-21(24)16-7-4-9-19(23)12-16/h1-13H,14H2. The van der Waals surface area contributed by atoms with E-state index in [0.29, 0.717) is 0 Å². The maximum Gasteiger partial charge on any atom is 0.0494 e. The Morgan fingerprint density at radius 3 is 2.25 bits per heavy atom. The van der Waals surface area contributed by atoms with Crippen molar-refractivity contribution in [3.8, 4) is 11.3 Å². The summed E-state index contributed by atoms with van der Waals surface area (Å²) in [4.78, 5) is 0. The van der Waals surface area contributed by atoms with Gasteiger partial charge in [0, 0.05) is 33.2 Å². The summed E-state index contributed by atoms with van der Waals surface area (Å²) in [5.41, 5.74) is 4.64. The van der Waals surface area contributed by atoms with Crippen molar-refractivity contribution in [3.63, 3.8) is 0 Å². The molecule has 0 spiro atoms. The van der Waals surface area contributed by atoms with Crippen LogP contribution < -0.4 is 0 Å². The van der Waals surface area contributed by atoms with Crippen molar-refractivity contribution in [1.82, 2.24) is 4.57 Å². The third-order valence-corrected chi connectivity index (χ3v) is 4.63. The molecule has 0 saturated carbocycles. The van der Waals surface area contributed by atoms with Gasteiger partial charge in [-0.1, -0.05) is 65.7 Å². The fourth-order valence-electron chi connectivity index (χ4n) is 3.09. The molecule has 0 unspecified atom stereocenters. The molecule has 0 saturated heterocycles. The van der Waals surface area contributed by atoms with E-state index in [-0.39, 0.29) is 0 Å². The lowest BCUT2D eigenvalue weighted by molar-refractivity contribution is 0.845. The molecule has 0 fully saturated rings. The molecule has 24 heavy (non-hydrogen) atoms. The van der Waals surface area contributed by atoms with Crippen molar-refractivity contribution < 1.29 is 0 Å². The van der Waals surface area contributed by atoms with Gasteiger partial charge < -0.3 is 4.57 Å². The highest BCUT2D eigenvalue weighted by atomic mass is 35.5. The Labute approximate surface area is 151 Å². The first-order valence-electron chi connectivity index (χ1n) is 7.79. The lowest BCUT2D eigenvalue weighted by Crippen LogP contribution is -2.01. The van der Waals surface area contributed by atoms with Gasteiger partial charge in [-0.25, -0.2) is 0 Å². The summed E-state index contributed by atoms with van der Waals surface area (Å²) >= 11 is 12.4. The van der Waals surface area contributed by atoms with Gasteiger partial charge in [0.1, 0.15) is 0 Å². The highest BCUT2D eigenvalue weighted by Gasteiger charge is 2.11. The molecular formula is C21H15Cl2N. The first-order chi connectivity index (χ1) is 11.7. The molecule has 1 aromatic heterocycles. The zero-order valence-corrected chi connectivity index (χ0v) is 14.4. The molecule has 3 heteroatoms. The Kier molecular flexibility index (Phi) is 4.05. The zero-order valence-electron chi connectivity index (χ0n) is 12.9. The molecule has 4 aromatic rings. The number of halogens is 2. The van der Waals surface area contributed by atoms with Crippen molar-refractivity contribution in [2.75, 3.05) is 0 Å². The third-order valence-electron chi connectivity index (χ3n) is 4.16. The smallest absolute Gasteiger partial charge is 0.0494 e. The number of rotatable bonds is 3. The molecule has 0 aliphatic heterocycles. The van der Waals surface area contributed by atoms with Gasteiger partial charge in [-0.15, -0.1) is 0 Å². The summed E-state index contributed by atoms with van der Waals surface area (Å²) in [7, 11) is 0. The zero-order chi connectivity index (χ0) is 16.5. The van der Waals surface area contributed by atoms with Crippen LogP contribution in [0.25, 0.3) is 22.2 Å². The van der Waals surface area contributed by atoms with Crippen LogP contribution >= 0.6 is 23.2 Å². The van der Waals surface area contributed by atoms with E-state index in [1.54, 1.807) is 0 Å². The largest absolute Gasteiger partial charge is 0.336 e. The number of benzene rings is 3. The van der Waals surface area contributed by atoms with E-state index in [4.69, 9.17) is 23.2 Å². The molecule has 0 amide bonds. The van der Waals surface area contributed by atoms with E-state index in [1.165, 1.54) is 16.5 Å². The number of hydrogen-bond donors (Lipinski definition) is 0. The van der Waals surface area contributed by atoms with Crippen LogP contribution in [0.5, 0.6) is 0 Å². The number of nitrogens with zero attached hydrogens (tertiary/aromatic N) is 1. The van der Waals surface area contributed by atoms with Gasteiger partial charge in [0.25, 0.3) is 0 Å².